The van der Waals surface area contributed by atoms with Crippen LogP contribution >= 0.6 is 11.3 Å². The predicted octanol–water partition coefficient (Wildman–Crippen LogP) is 3.91. The molecule has 0 saturated heterocycles. The van der Waals surface area contributed by atoms with Gasteiger partial charge < -0.3 is 10.1 Å². The zero-order chi connectivity index (χ0) is 22.8. The highest BCUT2D eigenvalue weighted by Gasteiger charge is 2.22. The summed E-state index contributed by atoms with van der Waals surface area (Å²) in [6, 6.07) is 11.5. The predicted molar refractivity (Wildman–Crippen MR) is 119 cm³/mol. The van der Waals surface area contributed by atoms with Gasteiger partial charge in [0.15, 0.2) is 5.13 Å². The number of aromatic nitrogens is 1. The normalized spacial score (nSPS) is 11.1. The smallest absolute Gasteiger partial charge is 0.339 e. The van der Waals surface area contributed by atoms with Crippen LogP contribution in [0, 0.1) is 20.8 Å². The molecule has 1 amide bonds. The molecular formula is C21H21N3O5S2. The van der Waals surface area contributed by atoms with Crippen LogP contribution in [-0.4, -0.2) is 32.4 Å². The quantitative estimate of drug-likeness (QED) is 0.540. The van der Waals surface area contributed by atoms with Crippen molar-refractivity contribution < 1.29 is 22.7 Å². The van der Waals surface area contributed by atoms with E-state index in [0.717, 1.165) is 16.9 Å². The van der Waals surface area contributed by atoms with Crippen molar-refractivity contribution in [3.05, 3.63) is 69.7 Å². The van der Waals surface area contributed by atoms with Crippen LogP contribution in [0.3, 0.4) is 0 Å². The monoisotopic (exact) mass is 459 g/mol. The molecule has 1 aromatic heterocycles. The Morgan fingerprint density at radius 3 is 2.45 bits per heavy atom. The van der Waals surface area contributed by atoms with Crippen molar-refractivity contribution in [3.63, 3.8) is 0 Å². The van der Waals surface area contributed by atoms with Crippen molar-refractivity contribution in [2.75, 3.05) is 17.1 Å². The van der Waals surface area contributed by atoms with Crippen molar-refractivity contribution in [1.82, 2.24) is 4.98 Å². The maximum atomic E-state index is 12.8. The van der Waals surface area contributed by atoms with E-state index in [1.807, 2.05) is 6.92 Å². The molecule has 0 spiro atoms. The fourth-order valence-corrected chi connectivity index (χ4v) is 5.30. The molecule has 162 valence electrons. The van der Waals surface area contributed by atoms with Crippen LogP contribution in [-0.2, 0) is 14.8 Å². The number of ether oxygens (including phenoxy) is 1. The number of hydrogen-bond acceptors (Lipinski definition) is 7. The van der Waals surface area contributed by atoms with Crippen molar-refractivity contribution in [2.45, 2.75) is 25.7 Å². The SMILES string of the molecule is COC(=O)c1ccccc1NC(=O)c1sc(NS(=O)(=O)c2ccc(C)cc2C)nc1C. The van der Waals surface area contributed by atoms with Crippen LogP contribution in [0.5, 0.6) is 0 Å². The molecule has 2 aromatic carbocycles. The molecule has 0 atom stereocenters. The molecule has 31 heavy (non-hydrogen) atoms. The largest absolute Gasteiger partial charge is 0.465 e. The minimum absolute atomic E-state index is 0.0730. The van der Waals surface area contributed by atoms with Crippen molar-refractivity contribution in [2.24, 2.45) is 0 Å². The molecule has 3 aromatic rings. The van der Waals surface area contributed by atoms with Crippen LogP contribution in [0.2, 0.25) is 0 Å². The first kappa shape index (κ1) is 22.4. The van der Waals surface area contributed by atoms with Crippen LogP contribution < -0.4 is 10.0 Å². The van der Waals surface area contributed by atoms with E-state index in [2.05, 4.69) is 15.0 Å². The first-order chi connectivity index (χ1) is 14.6. The number of hydrogen-bond donors (Lipinski definition) is 2. The fourth-order valence-electron chi connectivity index (χ4n) is 2.98. The lowest BCUT2D eigenvalue weighted by Gasteiger charge is -2.09. The second kappa shape index (κ2) is 8.86. The Labute approximate surface area is 184 Å². The standard InChI is InChI=1S/C21H21N3O5S2/c1-12-9-10-17(13(2)11-12)31(27,28)24-21-22-14(3)18(30-21)19(25)23-16-8-6-5-7-15(16)20(26)29-4/h5-11H,1-4H3,(H,22,24)(H,23,25). The fraction of sp³-hybridized carbons (Fsp3) is 0.190. The maximum Gasteiger partial charge on any atom is 0.339 e. The number of carbonyl (C=O) groups is 2. The van der Waals surface area contributed by atoms with Gasteiger partial charge in [0.25, 0.3) is 15.9 Å². The Morgan fingerprint density at radius 2 is 1.77 bits per heavy atom. The molecule has 1 heterocycles. The van der Waals surface area contributed by atoms with E-state index >= 15 is 0 Å². The number of esters is 1. The minimum atomic E-state index is -3.87. The van der Waals surface area contributed by atoms with Crippen LogP contribution in [0.1, 0.15) is 36.9 Å². The molecular weight excluding hydrogens is 438 g/mol. The number of carbonyl (C=O) groups excluding carboxylic acids is 2. The van der Waals surface area contributed by atoms with E-state index in [9.17, 15) is 18.0 Å². The molecule has 0 aliphatic carbocycles. The zero-order valence-corrected chi connectivity index (χ0v) is 19.0. The lowest BCUT2D eigenvalue weighted by Crippen LogP contribution is -2.15. The summed E-state index contributed by atoms with van der Waals surface area (Å²) in [6.07, 6.45) is 0. The average molecular weight is 460 g/mol. The molecule has 2 N–H and O–H groups in total. The van der Waals surface area contributed by atoms with Crippen LogP contribution in [0.4, 0.5) is 10.8 Å². The number of para-hydroxylation sites is 1. The van der Waals surface area contributed by atoms with Gasteiger partial charge in [-0.05, 0) is 44.5 Å². The van der Waals surface area contributed by atoms with Crippen LogP contribution in [0.25, 0.3) is 0 Å². The van der Waals surface area contributed by atoms with Crippen molar-refractivity contribution in [3.8, 4) is 0 Å². The number of methoxy groups -OCH3 is 1. The number of sulfonamides is 1. The summed E-state index contributed by atoms with van der Waals surface area (Å²) < 4.78 is 32.7. The van der Waals surface area contributed by atoms with Gasteiger partial charge in [-0.15, -0.1) is 0 Å². The number of rotatable bonds is 6. The third kappa shape index (κ3) is 4.92. The Bertz CT molecular complexity index is 1270. The molecule has 8 nitrogen and oxygen atoms in total. The summed E-state index contributed by atoms with van der Waals surface area (Å²) in [4.78, 5) is 29.2. The van der Waals surface area contributed by atoms with E-state index in [1.165, 1.54) is 19.2 Å². The number of benzene rings is 2. The Balaban J connectivity index is 1.84. The number of nitrogens with one attached hydrogen (secondary N) is 2. The second-order valence-corrected chi connectivity index (χ2v) is 9.45. The van der Waals surface area contributed by atoms with Gasteiger partial charge in [-0.25, -0.2) is 18.2 Å². The molecule has 3 rings (SSSR count). The first-order valence-electron chi connectivity index (χ1n) is 9.18. The topological polar surface area (TPSA) is 114 Å². The number of anilines is 2. The van der Waals surface area contributed by atoms with Crippen molar-refractivity contribution in [1.29, 1.82) is 0 Å². The van der Waals surface area contributed by atoms with Gasteiger partial charge in [0, 0.05) is 0 Å². The van der Waals surface area contributed by atoms with E-state index in [-0.39, 0.29) is 26.2 Å². The minimum Gasteiger partial charge on any atom is -0.465 e. The van der Waals surface area contributed by atoms with E-state index < -0.39 is 21.9 Å². The molecule has 0 aliphatic heterocycles. The average Bonchev–Trinajstić information content (AvgIpc) is 3.06. The van der Waals surface area contributed by atoms with Gasteiger partial charge in [0.1, 0.15) is 4.88 Å². The molecule has 0 fully saturated rings. The third-order valence-electron chi connectivity index (χ3n) is 4.43. The van der Waals surface area contributed by atoms with Gasteiger partial charge in [0.05, 0.1) is 29.0 Å². The van der Waals surface area contributed by atoms with E-state index in [0.29, 0.717) is 11.3 Å². The molecule has 0 unspecified atom stereocenters. The lowest BCUT2D eigenvalue weighted by molar-refractivity contribution is 0.0602. The summed E-state index contributed by atoms with van der Waals surface area (Å²) in [6.45, 7) is 5.20. The number of aryl methyl sites for hydroxylation is 3. The van der Waals surface area contributed by atoms with Crippen molar-refractivity contribution >= 4 is 44.1 Å². The summed E-state index contributed by atoms with van der Waals surface area (Å²) >= 11 is 0.908. The number of amides is 1. The highest BCUT2D eigenvalue weighted by atomic mass is 32.2. The zero-order valence-electron chi connectivity index (χ0n) is 17.3. The summed E-state index contributed by atoms with van der Waals surface area (Å²) in [7, 11) is -2.61. The van der Waals surface area contributed by atoms with Gasteiger partial charge >= 0.3 is 5.97 Å². The molecule has 0 bridgehead atoms. The first-order valence-corrected chi connectivity index (χ1v) is 11.5. The van der Waals surface area contributed by atoms with Gasteiger partial charge in [-0.3, -0.25) is 9.52 Å². The maximum absolute atomic E-state index is 12.8. The third-order valence-corrected chi connectivity index (χ3v) is 7.13. The van der Waals surface area contributed by atoms with Gasteiger partial charge in [-0.1, -0.05) is 41.2 Å². The second-order valence-electron chi connectivity index (χ2n) is 6.80. The summed E-state index contributed by atoms with van der Waals surface area (Å²) in [5, 5.41) is 2.73. The highest BCUT2D eigenvalue weighted by Crippen LogP contribution is 2.27. The summed E-state index contributed by atoms with van der Waals surface area (Å²) in [5.41, 5.74) is 2.41. The van der Waals surface area contributed by atoms with Gasteiger partial charge in [-0.2, -0.15) is 0 Å². The highest BCUT2D eigenvalue weighted by molar-refractivity contribution is 7.93. The molecule has 0 radical (unpaired) electrons. The number of nitrogens with zero attached hydrogens (tertiary/aromatic N) is 1. The van der Waals surface area contributed by atoms with Crippen LogP contribution in [0.15, 0.2) is 47.4 Å². The Kier molecular flexibility index (Phi) is 6.42. The summed E-state index contributed by atoms with van der Waals surface area (Å²) in [5.74, 6) is -1.10. The van der Waals surface area contributed by atoms with E-state index in [4.69, 9.17) is 4.74 Å². The lowest BCUT2D eigenvalue weighted by atomic mass is 10.1. The Hall–Kier alpha value is -3.24. The number of thiazole rings is 1. The molecule has 10 heteroatoms. The Morgan fingerprint density at radius 1 is 1.06 bits per heavy atom. The molecule has 0 saturated carbocycles. The van der Waals surface area contributed by atoms with E-state index in [1.54, 1.807) is 44.2 Å². The molecule has 0 aliphatic rings. The van der Waals surface area contributed by atoms with Gasteiger partial charge in [0.2, 0.25) is 0 Å².